The highest BCUT2D eigenvalue weighted by Gasteiger charge is 2.06. The molecule has 0 bridgehead atoms. The Morgan fingerprint density at radius 3 is 2.14 bits per heavy atom. The molecule has 0 amide bonds. The fourth-order valence-electron chi connectivity index (χ4n) is 1.27. The number of benzene rings is 1. The maximum Gasteiger partial charge on any atom is 0.0424 e. The molecular weight excluding hydrogens is 240 g/mol. The van der Waals surface area contributed by atoms with Gasteiger partial charge in [-0.1, -0.05) is 36.5 Å². The van der Waals surface area contributed by atoms with E-state index in [0.29, 0.717) is 10.0 Å². The van der Waals surface area contributed by atoms with Gasteiger partial charge in [0.1, 0.15) is 0 Å². The van der Waals surface area contributed by atoms with Gasteiger partial charge >= 0.3 is 0 Å². The van der Waals surface area contributed by atoms with Crippen LogP contribution in [0.1, 0.15) is 31.4 Å². The molecule has 0 fully saturated rings. The molecule has 80 valence electrons. The Balaban J connectivity index is 0.00000169. The monoisotopic (exact) mass is 253 g/mol. The second-order valence-corrected chi connectivity index (χ2v) is 3.97. The van der Waals surface area contributed by atoms with Crippen LogP contribution in [0.25, 0.3) is 0 Å². The van der Waals surface area contributed by atoms with Crippen LogP contribution in [-0.4, -0.2) is 0 Å². The molecule has 0 saturated heterocycles. The zero-order chi connectivity index (χ0) is 9.84. The molecule has 0 spiro atoms. The Labute approximate surface area is 101 Å². The molecule has 0 saturated carbocycles. The van der Waals surface area contributed by atoms with Gasteiger partial charge in [-0.05, 0) is 30.2 Å². The third-order valence-electron chi connectivity index (χ3n) is 1.91. The lowest BCUT2D eigenvalue weighted by Crippen LogP contribution is -2.09. The topological polar surface area (TPSA) is 26.0 Å². The average molecular weight is 255 g/mol. The second kappa shape index (κ2) is 6.52. The number of nitrogens with two attached hydrogens (primary N) is 1. The quantitative estimate of drug-likeness (QED) is 0.859. The molecule has 0 aliphatic carbocycles. The predicted molar refractivity (Wildman–Crippen MR) is 65.5 cm³/mol. The van der Waals surface area contributed by atoms with Crippen LogP contribution >= 0.6 is 35.6 Å². The summed E-state index contributed by atoms with van der Waals surface area (Å²) in [6.07, 6.45) is 2.02. The maximum atomic E-state index is 5.93. The minimum absolute atomic E-state index is 0. The van der Waals surface area contributed by atoms with Crippen molar-refractivity contribution in [1.29, 1.82) is 0 Å². The van der Waals surface area contributed by atoms with Crippen molar-refractivity contribution in [3.8, 4) is 0 Å². The van der Waals surface area contributed by atoms with Crippen molar-refractivity contribution < 1.29 is 0 Å². The van der Waals surface area contributed by atoms with Crippen LogP contribution in [0.3, 0.4) is 0 Å². The zero-order valence-electron chi connectivity index (χ0n) is 7.97. The van der Waals surface area contributed by atoms with Crippen molar-refractivity contribution in [2.75, 3.05) is 0 Å². The van der Waals surface area contributed by atoms with Gasteiger partial charge in [0.2, 0.25) is 0 Å². The van der Waals surface area contributed by atoms with E-state index < -0.39 is 0 Å². The first-order chi connectivity index (χ1) is 6.13. The molecule has 0 radical (unpaired) electrons. The highest BCUT2D eigenvalue weighted by Crippen LogP contribution is 2.24. The van der Waals surface area contributed by atoms with E-state index in [1.54, 1.807) is 6.07 Å². The SMILES string of the molecule is CCC[C@H](N)c1cc(Cl)cc(Cl)c1.Cl. The van der Waals surface area contributed by atoms with Gasteiger partial charge in [-0.15, -0.1) is 12.4 Å². The fraction of sp³-hybridized carbons (Fsp3) is 0.400. The normalized spacial score (nSPS) is 12.0. The second-order valence-electron chi connectivity index (χ2n) is 3.10. The molecule has 1 atom stereocenters. The summed E-state index contributed by atoms with van der Waals surface area (Å²) in [5, 5.41) is 1.29. The van der Waals surface area contributed by atoms with E-state index in [1.165, 1.54) is 0 Å². The minimum atomic E-state index is 0. The molecule has 1 nitrogen and oxygen atoms in total. The Hall–Kier alpha value is 0.0500. The van der Waals surface area contributed by atoms with Crippen molar-refractivity contribution in [1.82, 2.24) is 0 Å². The van der Waals surface area contributed by atoms with E-state index in [0.717, 1.165) is 18.4 Å². The Morgan fingerprint density at radius 1 is 1.21 bits per heavy atom. The number of hydrogen-bond donors (Lipinski definition) is 1. The molecular formula is C10H14Cl3N. The molecule has 0 aromatic heterocycles. The van der Waals surface area contributed by atoms with E-state index in [2.05, 4.69) is 6.92 Å². The van der Waals surface area contributed by atoms with Gasteiger partial charge in [0.05, 0.1) is 0 Å². The van der Waals surface area contributed by atoms with Crippen molar-refractivity contribution in [2.45, 2.75) is 25.8 Å². The van der Waals surface area contributed by atoms with Gasteiger partial charge in [0, 0.05) is 16.1 Å². The summed E-state index contributed by atoms with van der Waals surface area (Å²) in [6, 6.07) is 5.49. The molecule has 1 rings (SSSR count). The van der Waals surface area contributed by atoms with Crippen LogP contribution < -0.4 is 5.73 Å². The van der Waals surface area contributed by atoms with Gasteiger partial charge in [-0.2, -0.15) is 0 Å². The molecule has 1 aromatic carbocycles. The molecule has 4 heteroatoms. The van der Waals surface area contributed by atoms with E-state index >= 15 is 0 Å². The third kappa shape index (κ3) is 4.05. The Bertz CT molecular complexity index is 268. The van der Waals surface area contributed by atoms with Crippen molar-refractivity contribution >= 4 is 35.6 Å². The Kier molecular flexibility index (Phi) is 6.54. The molecule has 0 aliphatic heterocycles. The zero-order valence-corrected chi connectivity index (χ0v) is 10.3. The molecule has 0 unspecified atom stereocenters. The molecule has 2 N–H and O–H groups in total. The summed E-state index contributed by atoms with van der Waals surface area (Å²) in [5.74, 6) is 0. The summed E-state index contributed by atoms with van der Waals surface area (Å²) in [5.41, 5.74) is 6.94. The van der Waals surface area contributed by atoms with Crippen molar-refractivity contribution in [3.63, 3.8) is 0 Å². The van der Waals surface area contributed by atoms with Gasteiger partial charge in [-0.25, -0.2) is 0 Å². The van der Waals surface area contributed by atoms with Crippen LogP contribution in [0.2, 0.25) is 10.0 Å². The Morgan fingerprint density at radius 2 is 1.71 bits per heavy atom. The van der Waals surface area contributed by atoms with Crippen LogP contribution in [0.4, 0.5) is 0 Å². The maximum absolute atomic E-state index is 5.93. The molecule has 0 heterocycles. The van der Waals surface area contributed by atoms with Crippen LogP contribution in [0.5, 0.6) is 0 Å². The number of rotatable bonds is 3. The molecule has 1 aromatic rings. The minimum Gasteiger partial charge on any atom is -0.324 e. The summed E-state index contributed by atoms with van der Waals surface area (Å²) in [4.78, 5) is 0. The average Bonchev–Trinajstić information content (AvgIpc) is 2.03. The number of hydrogen-bond acceptors (Lipinski definition) is 1. The summed E-state index contributed by atoms with van der Waals surface area (Å²) in [7, 11) is 0. The highest BCUT2D eigenvalue weighted by atomic mass is 35.5. The highest BCUT2D eigenvalue weighted by molar-refractivity contribution is 6.34. The van der Waals surface area contributed by atoms with Gasteiger partial charge in [0.15, 0.2) is 0 Å². The van der Waals surface area contributed by atoms with Gasteiger partial charge in [0.25, 0.3) is 0 Å². The standard InChI is InChI=1S/C10H13Cl2N.ClH/c1-2-3-10(13)7-4-8(11)6-9(12)5-7;/h4-6,10H,2-3,13H2,1H3;1H/t10-;/m0./s1. The van der Waals surface area contributed by atoms with Gasteiger partial charge < -0.3 is 5.73 Å². The molecule has 0 aliphatic rings. The van der Waals surface area contributed by atoms with Gasteiger partial charge in [-0.3, -0.25) is 0 Å². The lowest BCUT2D eigenvalue weighted by Gasteiger charge is -2.11. The van der Waals surface area contributed by atoms with E-state index in [-0.39, 0.29) is 18.4 Å². The lowest BCUT2D eigenvalue weighted by molar-refractivity contribution is 0.638. The molecule has 14 heavy (non-hydrogen) atoms. The smallest absolute Gasteiger partial charge is 0.0424 e. The third-order valence-corrected chi connectivity index (χ3v) is 2.35. The van der Waals surface area contributed by atoms with Crippen LogP contribution in [0.15, 0.2) is 18.2 Å². The van der Waals surface area contributed by atoms with E-state index in [4.69, 9.17) is 28.9 Å². The largest absolute Gasteiger partial charge is 0.324 e. The van der Waals surface area contributed by atoms with Crippen molar-refractivity contribution in [3.05, 3.63) is 33.8 Å². The van der Waals surface area contributed by atoms with Crippen LogP contribution in [0, 0.1) is 0 Å². The van der Waals surface area contributed by atoms with E-state index in [9.17, 15) is 0 Å². The number of halogens is 3. The first-order valence-corrected chi connectivity index (χ1v) is 5.10. The first kappa shape index (κ1) is 14.1. The summed E-state index contributed by atoms with van der Waals surface area (Å²) in [6.45, 7) is 2.10. The summed E-state index contributed by atoms with van der Waals surface area (Å²) < 4.78 is 0. The predicted octanol–water partition coefficient (Wildman–Crippen LogP) is 4.22. The fourth-order valence-corrected chi connectivity index (χ4v) is 1.81. The first-order valence-electron chi connectivity index (χ1n) is 4.35. The van der Waals surface area contributed by atoms with Crippen LogP contribution in [-0.2, 0) is 0 Å². The van der Waals surface area contributed by atoms with Crippen molar-refractivity contribution in [2.24, 2.45) is 5.73 Å². The summed E-state index contributed by atoms with van der Waals surface area (Å²) >= 11 is 11.7. The lowest BCUT2D eigenvalue weighted by atomic mass is 10.0. The van der Waals surface area contributed by atoms with E-state index in [1.807, 2.05) is 12.1 Å².